The van der Waals surface area contributed by atoms with Gasteiger partial charge in [0.05, 0.1) is 34.2 Å². The molecule has 0 radical (unpaired) electrons. The minimum atomic E-state index is -1.32. The van der Waals surface area contributed by atoms with E-state index in [-0.39, 0.29) is 6.42 Å². The Bertz CT molecular complexity index is 994. The third-order valence-corrected chi connectivity index (χ3v) is 4.96. The molecule has 1 aliphatic carbocycles. The maximum absolute atomic E-state index is 14.8. The van der Waals surface area contributed by atoms with Crippen LogP contribution in [0.3, 0.4) is 0 Å². The number of fused-ring (bicyclic) bond motifs is 1. The van der Waals surface area contributed by atoms with Crippen molar-refractivity contribution in [3.8, 4) is 0 Å². The normalized spacial score (nSPS) is 21.5. The van der Waals surface area contributed by atoms with Crippen molar-refractivity contribution < 1.29 is 14.0 Å². The van der Waals surface area contributed by atoms with Crippen molar-refractivity contribution >= 4 is 40.5 Å². The summed E-state index contributed by atoms with van der Waals surface area (Å²) in [5, 5.41) is 2.31. The number of hydrogen-bond donors (Lipinski definition) is 0. The molecule has 2 aromatic rings. The molecule has 2 amide bonds. The Hall–Kier alpha value is -3.02. The lowest BCUT2D eigenvalue weighted by Gasteiger charge is -2.31. The molecule has 7 heteroatoms. The molecule has 0 saturated heterocycles. The molecule has 0 spiro atoms. The summed E-state index contributed by atoms with van der Waals surface area (Å²) >= 11 is 4.67. The quantitative estimate of drug-likeness (QED) is 0.459. The Balaban J connectivity index is 1.76. The number of hydrogen-bond acceptors (Lipinski definition) is 5. The average Bonchev–Trinajstić information content (AvgIpc) is 2.94. The molecule has 4 rings (SSSR count). The molecule has 0 fully saturated rings. The first-order valence-electron chi connectivity index (χ1n) is 8.45. The van der Waals surface area contributed by atoms with Crippen LogP contribution in [0.1, 0.15) is 39.1 Å². The maximum atomic E-state index is 14.8. The van der Waals surface area contributed by atoms with Crippen LogP contribution in [0.2, 0.25) is 0 Å². The number of nitrogens with zero attached hydrogens (tertiary/aromatic N) is 3. The number of carbonyl (C=O) groups is 2. The number of thiocarbonyl (C=S) groups is 1. The number of benzene rings is 1. The first-order valence-corrected chi connectivity index (χ1v) is 8.86. The molecule has 2 aliphatic rings. The molecule has 134 valence electrons. The van der Waals surface area contributed by atoms with Gasteiger partial charge in [-0.2, -0.15) is 4.99 Å². The SMILES string of the molecule is O=C1c2ccccc2C(=O)N1C1C=C(c2ccncc2N=C=S)CCC1F. The lowest BCUT2D eigenvalue weighted by molar-refractivity contribution is 0.0532. The standard InChI is InChI=1S/C20H14FN3O2S/c21-16-6-5-12(13-7-8-22-10-17(13)23-11-27)9-18(16)24-19(25)14-3-1-2-4-15(14)20(24)26/h1-4,7-10,16,18H,5-6H2. The second-order valence-corrected chi connectivity index (χ2v) is 6.54. The Morgan fingerprint density at radius 1 is 1.15 bits per heavy atom. The fraction of sp³-hybridized carbons (Fsp3) is 0.200. The minimum absolute atomic E-state index is 0.201. The highest BCUT2D eigenvalue weighted by atomic mass is 32.1. The van der Waals surface area contributed by atoms with Crippen LogP contribution in [0, 0.1) is 0 Å². The zero-order chi connectivity index (χ0) is 19.0. The fourth-order valence-electron chi connectivity index (χ4n) is 3.59. The van der Waals surface area contributed by atoms with Gasteiger partial charge in [-0.25, -0.2) is 4.39 Å². The lowest BCUT2D eigenvalue weighted by Crippen LogP contribution is -2.45. The largest absolute Gasteiger partial charge is 0.269 e. The number of halogens is 1. The number of carbonyl (C=O) groups excluding carboxylic acids is 2. The van der Waals surface area contributed by atoms with Crippen molar-refractivity contribution in [2.75, 3.05) is 0 Å². The highest BCUT2D eigenvalue weighted by Crippen LogP contribution is 2.37. The summed E-state index contributed by atoms with van der Waals surface area (Å²) in [5.41, 5.74) is 2.69. The zero-order valence-electron chi connectivity index (χ0n) is 14.1. The second-order valence-electron chi connectivity index (χ2n) is 6.36. The molecule has 2 atom stereocenters. The zero-order valence-corrected chi connectivity index (χ0v) is 14.9. The van der Waals surface area contributed by atoms with Crippen LogP contribution in [0.4, 0.5) is 10.1 Å². The van der Waals surface area contributed by atoms with Crippen LogP contribution < -0.4 is 0 Å². The van der Waals surface area contributed by atoms with Crippen LogP contribution in [0.5, 0.6) is 0 Å². The molecular weight excluding hydrogens is 365 g/mol. The molecule has 5 nitrogen and oxygen atoms in total. The van der Waals surface area contributed by atoms with Crippen molar-refractivity contribution in [2.24, 2.45) is 4.99 Å². The van der Waals surface area contributed by atoms with Crippen LogP contribution in [-0.2, 0) is 0 Å². The van der Waals surface area contributed by atoms with Crippen molar-refractivity contribution in [3.63, 3.8) is 0 Å². The van der Waals surface area contributed by atoms with Crippen molar-refractivity contribution in [1.82, 2.24) is 9.88 Å². The van der Waals surface area contributed by atoms with Gasteiger partial charge in [0.2, 0.25) is 0 Å². The van der Waals surface area contributed by atoms with Crippen LogP contribution >= 0.6 is 12.2 Å². The summed E-state index contributed by atoms with van der Waals surface area (Å²) < 4.78 is 14.8. The summed E-state index contributed by atoms with van der Waals surface area (Å²) in [7, 11) is 0. The molecule has 0 bridgehead atoms. The van der Waals surface area contributed by atoms with Gasteiger partial charge in [-0.3, -0.25) is 19.5 Å². The Morgan fingerprint density at radius 2 is 1.85 bits per heavy atom. The monoisotopic (exact) mass is 379 g/mol. The van der Waals surface area contributed by atoms with E-state index in [9.17, 15) is 14.0 Å². The molecule has 1 aromatic heterocycles. The van der Waals surface area contributed by atoms with Gasteiger partial charge < -0.3 is 0 Å². The van der Waals surface area contributed by atoms with Gasteiger partial charge in [-0.15, -0.1) is 0 Å². The van der Waals surface area contributed by atoms with Gasteiger partial charge in [0.25, 0.3) is 11.8 Å². The van der Waals surface area contributed by atoms with Crippen LogP contribution in [-0.4, -0.2) is 39.1 Å². The highest BCUT2D eigenvalue weighted by molar-refractivity contribution is 7.78. The summed E-state index contributed by atoms with van der Waals surface area (Å²) in [6, 6.07) is 7.36. The van der Waals surface area contributed by atoms with Crippen molar-refractivity contribution in [3.05, 3.63) is 65.5 Å². The smallest absolute Gasteiger partial charge is 0.262 e. The van der Waals surface area contributed by atoms with Crippen LogP contribution in [0.25, 0.3) is 5.57 Å². The minimum Gasteiger partial charge on any atom is -0.269 e. The summed E-state index contributed by atoms with van der Waals surface area (Å²) in [6.07, 6.45) is 4.14. The number of imide groups is 1. The van der Waals surface area contributed by atoms with E-state index in [0.29, 0.717) is 23.2 Å². The molecule has 0 N–H and O–H groups in total. The van der Waals surface area contributed by atoms with Gasteiger partial charge in [0, 0.05) is 11.8 Å². The van der Waals surface area contributed by atoms with E-state index in [0.717, 1.165) is 16.0 Å². The van der Waals surface area contributed by atoms with Crippen LogP contribution in [0.15, 0.2) is 53.8 Å². The Kier molecular flexibility index (Phi) is 4.48. The number of aliphatic imine (C=N–C) groups is 1. The van der Waals surface area contributed by atoms with Gasteiger partial charge in [0.1, 0.15) is 6.17 Å². The number of amides is 2. The molecule has 1 aromatic carbocycles. The third-order valence-electron chi connectivity index (χ3n) is 4.87. The lowest BCUT2D eigenvalue weighted by atomic mass is 9.88. The number of isothiocyanates is 1. The first-order chi connectivity index (χ1) is 13.1. The average molecular weight is 379 g/mol. The number of alkyl halides is 1. The molecule has 2 heterocycles. The van der Waals surface area contributed by atoms with Gasteiger partial charge in [-0.1, -0.05) is 18.2 Å². The summed E-state index contributed by atoms with van der Waals surface area (Å²) in [6.45, 7) is 0. The van der Waals surface area contributed by atoms with E-state index in [2.05, 4.69) is 27.4 Å². The van der Waals surface area contributed by atoms with E-state index in [1.807, 2.05) is 0 Å². The number of aromatic nitrogens is 1. The predicted molar refractivity (Wildman–Crippen MR) is 102 cm³/mol. The highest BCUT2D eigenvalue weighted by Gasteiger charge is 2.43. The number of pyridine rings is 1. The van der Waals surface area contributed by atoms with E-state index < -0.39 is 24.0 Å². The van der Waals surface area contributed by atoms with E-state index in [1.165, 1.54) is 0 Å². The van der Waals surface area contributed by atoms with E-state index in [1.54, 1.807) is 48.8 Å². The number of rotatable bonds is 3. The second kappa shape index (κ2) is 6.95. The Morgan fingerprint density at radius 3 is 2.52 bits per heavy atom. The molecule has 2 unspecified atom stereocenters. The molecule has 1 aliphatic heterocycles. The Labute approximate surface area is 160 Å². The molecule has 27 heavy (non-hydrogen) atoms. The maximum Gasteiger partial charge on any atom is 0.262 e. The van der Waals surface area contributed by atoms with Gasteiger partial charge >= 0.3 is 0 Å². The van der Waals surface area contributed by atoms with Crippen molar-refractivity contribution in [2.45, 2.75) is 25.1 Å². The number of allylic oxidation sites excluding steroid dienone is 1. The van der Waals surface area contributed by atoms with E-state index >= 15 is 0 Å². The fourth-order valence-corrected chi connectivity index (χ4v) is 3.69. The van der Waals surface area contributed by atoms with Gasteiger partial charge in [-0.05, 0) is 48.8 Å². The summed E-state index contributed by atoms with van der Waals surface area (Å²) in [5.74, 6) is -0.930. The molecule has 0 saturated carbocycles. The topological polar surface area (TPSA) is 62.6 Å². The first kappa shape index (κ1) is 17.4. The van der Waals surface area contributed by atoms with E-state index in [4.69, 9.17) is 0 Å². The third kappa shape index (κ3) is 2.91. The van der Waals surface area contributed by atoms with Gasteiger partial charge in [0.15, 0.2) is 0 Å². The summed E-state index contributed by atoms with van der Waals surface area (Å²) in [4.78, 5) is 34.5. The predicted octanol–water partition coefficient (Wildman–Crippen LogP) is 4.00. The van der Waals surface area contributed by atoms with Crippen molar-refractivity contribution in [1.29, 1.82) is 0 Å². The molecular formula is C20H14FN3O2S.